The largest absolute Gasteiger partial charge is 0.303 e. The van der Waals surface area contributed by atoms with E-state index in [0.29, 0.717) is 6.54 Å². The molecular formula is C16H26N2O2S. The molecule has 0 radical (unpaired) electrons. The third kappa shape index (κ3) is 6.16. The predicted molar refractivity (Wildman–Crippen MR) is 86.5 cm³/mol. The van der Waals surface area contributed by atoms with Crippen molar-refractivity contribution in [3.8, 4) is 0 Å². The zero-order valence-corrected chi connectivity index (χ0v) is 13.6. The highest BCUT2D eigenvalue weighted by Crippen LogP contribution is 2.15. The van der Waals surface area contributed by atoms with Crippen molar-refractivity contribution in [1.82, 2.24) is 9.62 Å². The van der Waals surface area contributed by atoms with E-state index in [1.165, 1.54) is 12.8 Å². The number of rotatable bonds is 7. The van der Waals surface area contributed by atoms with Gasteiger partial charge in [-0.05, 0) is 43.8 Å². The van der Waals surface area contributed by atoms with Crippen molar-refractivity contribution in [3.05, 3.63) is 35.9 Å². The maximum Gasteiger partial charge on any atom is 0.215 e. The molecule has 1 fully saturated rings. The molecule has 2 rings (SSSR count). The number of likely N-dealkylation sites (tertiary alicyclic amines) is 1. The topological polar surface area (TPSA) is 49.4 Å². The number of piperidine rings is 1. The highest BCUT2D eigenvalue weighted by molar-refractivity contribution is 7.88. The fraction of sp³-hybridized carbons (Fsp3) is 0.625. The summed E-state index contributed by atoms with van der Waals surface area (Å²) in [4.78, 5) is 2.44. The Morgan fingerprint density at radius 3 is 2.76 bits per heavy atom. The van der Waals surface area contributed by atoms with Crippen molar-refractivity contribution in [3.63, 3.8) is 0 Å². The fourth-order valence-corrected chi connectivity index (χ4v) is 4.05. The first kappa shape index (κ1) is 16.5. The van der Waals surface area contributed by atoms with Crippen LogP contribution in [0.5, 0.6) is 0 Å². The SMILES string of the molecule is C[C@@H]1CCCN(CCCNS(=O)(=O)Cc2ccccc2)C1. The summed E-state index contributed by atoms with van der Waals surface area (Å²) < 4.78 is 26.7. The molecule has 1 N–H and O–H groups in total. The van der Waals surface area contributed by atoms with Crippen molar-refractivity contribution in [2.24, 2.45) is 5.92 Å². The van der Waals surface area contributed by atoms with Crippen LogP contribution in [0.25, 0.3) is 0 Å². The lowest BCUT2D eigenvalue weighted by molar-refractivity contribution is 0.182. The van der Waals surface area contributed by atoms with E-state index in [0.717, 1.165) is 37.5 Å². The summed E-state index contributed by atoms with van der Waals surface area (Å²) in [6.45, 7) is 6.10. The third-order valence-corrected chi connectivity index (χ3v) is 5.27. The van der Waals surface area contributed by atoms with Gasteiger partial charge in [0.15, 0.2) is 0 Å². The lowest BCUT2D eigenvalue weighted by atomic mass is 10.0. The van der Waals surface area contributed by atoms with E-state index in [1.807, 2.05) is 30.3 Å². The lowest BCUT2D eigenvalue weighted by Crippen LogP contribution is -2.36. The van der Waals surface area contributed by atoms with E-state index in [9.17, 15) is 8.42 Å². The first-order valence-electron chi connectivity index (χ1n) is 7.79. The van der Waals surface area contributed by atoms with Crippen molar-refractivity contribution in [1.29, 1.82) is 0 Å². The Bertz CT molecular complexity index is 516. The quantitative estimate of drug-likeness (QED) is 0.786. The van der Waals surface area contributed by atoms with Gasteiger partial charge in [0.05, 0.1) is 5.75 Å². The number of benzene rings is 1. The molecule has 0 bridgehead atoms. The Labute approximate surface area is 128 Å². The number of hydrogen-bond donors (Lipinski definition) is 1. The smallest absolute Gasteiger partial charge is 0.215 e. The van der Waals surface area contributed by atoms with Crippen LogP contribution in [0.4, 0.5) is 0 Å². The summed E-state index contributed by atoms with van der Waals surface area (Å²) in [5, 5.41) is 0. The van der Waals surface area contributed by atoms with E-state index in [2.05, 4.69) is 16.5 Å². The molecule has 0 aliphatic carbocycles. The fourth-order valence-electron chi connectivity index (χ4n) is 2.86. The minimum atomic E-state index is -3.22. The molecule has 1 heterocycles. The predicted octanol–water partition coefficient (Wildman–Crippen LogP) is 2.23. The number of hydrogen-bond acceptors (Lipinski definition) is 3. The van der Waals surface area contributed by atoms with Gasteiger partial charge in [0.1, 0.15) is 0 Å². The zero-order chi connectivity index (χ0) is 15.1. The molecule has 1 aliphatic heterocycles. The van der Waals surface area contributed by atoms with Gasteiger partial charge in [-0.1, -0.05) is 37.3 Å². The van der Waals surface area contributed by atoms with Gasteiger partial charge < -0.3 is 4.90 Å². The number of nitrogens with one attached hydrogen (secondary N) is 1. The van der Waals surface area contributed by atoms with Crippen LogP contribution in [0.2, 0.25) is 0 Å². The molecule has 0 aromatic heterocycles. The molecule has 4 nitrogen and oxygen atoms in total. The molecular weight excluding hydrogens is 284 g/mol. The highest BCUT2D eigenvalue weighted by atomic mass is 32.2. The summed E-state index contributed by atoms with van der Waals surface area (Å²) in [6.07, 6.45) is 3.46. The second-order valence-corrected chi connectivity index (χ2v) is 7.85. The van der Waals surface area contributed by atoms with Crippen molar-refractivity contribution >= 4 is 10.0 Å². The average molecular weight is 310 g/mol. The van der Waals surface area contributed by atoms with Gasteiger partial charge in [-0.25, -0.2) is 13.1 Å². The molecule has 0 saturated carbocycles. The van der Waals surface area contributed by atoms with Gasteiger partial charge in [0.2, 0.25) is 10.0 Å². The molecule has 1 aliphatic rings. The molecule has 0 spiro atoms. The Kier molecular flexibility index (Phi) is 6.21. The van der Waals surface area contributed by atoms with Crippen LogP contribution in [0, 0.1) is 5.92 Å². The molecule has 5 heteroatoms. The zero-order valence-electron chi connectivity index (χ0n) is 12.8. The van der Waals surface area contributed by atoms with Crippen LogP contribution in [0.15, 0.2) is 30.3 Å². The molecule has 1 atom stereocenters. The van der Waals surface area contributed by atoms with E-state index >= 15 is 0 Å². The van der Waals surface area contributed by atoms with E-state index in [4.69, 9.17) is 0 Å². The summed E-state index contributed by atoms with van der Waals surface area (Å²) in [5.41, 5.74) is 0.829. The molecule has 21 heavy (non-hydrogen) atoms. The van der Waals surface area contributed by atoms with Crippen LogP contribution < -0.4 is 4.72 Å². The monoisotopic (exact) mass is 310 g/mol. The van der Waals surface area contributed by atoms with Gasteiger partial charge in [0.25, 0.3) is 0 Å². The number of nitrogens with zero attached hydrogens (tertiary/aromatic N) is 1. The molecule has 1 saturated heterocycles. The van der Waals surface area contributed by atoms with Crippen LogP contribution in [0.1, 0.15) is 31.7 Å². The van der Waals surface area contributed by atoms with Crippen LogP contribution >= 0.6 is 0 Å². The molecule has 118 valence electrons. The van der Waals surface area contributed by atoms with E-state index in [-0.39, 0.29) is 5.75 Å². The second-order valence-electron chi connectivity index (χ2n) is 6.04. The normalized spacial score (nSPS) is 20.5. The van der Waals surface area contributed by atoms with Gasteiger partial charge in [-0.2, -0.15) is 0 Å². The Balaban J connectivity index is 1.67. The van der Waals surface area contributed by atoms with Crippen molar-refractivity contribution in [2.45, 2.75) is 31.9 Å². The minimum Gasteiger partial charge on any atom is -0.303 e. The van der Waals surface area contributed by atoms with Gasteiger partial charge in [-0.3, -0.25) is 0 Å². The average Bonchev–Trinajstić information content (AvgIpc) is 2.44. The Hall–Kier alpha value is -0.910. The summed E-state index contributed by atoms with van der Waals surface area (Å²) in [5.74, 6) is 0.836. The second kappa shape index (κ2) is 7.92. The molecule has 0 unspecified atom stereocenters. The van der Waals surface area contributed by atoms with Crippen LogP contribution in [0.3, 0.4) is 0 Å². The Morgan fingerprint density at radius 2 is 2.05 bits per heavy atom. The highest BCUT2D eigenvalue weighted by Gasteiger charge is 2.16. The van der Waals surface area contributed by atoms with E-state index in [1.54, 1.807) is 0 Å². The standard InChI is InChI=1S/C16H26N2O2S/c1-15-7-5-11-18(13-15)12-6-10-17-21(19,20)14-16-8-3-2-4-9-16/h2-4,8-9,15,17H,5-7,10-14H2,1H3/t15-/m1/s1. The van der Waals surface area contributed by atoms with Crippen molar-refractivity contribution in [2.75, 3.05) is 26.2 Å². The lowest BCUT2D eigenvalue weighted by Gasteiger charge is -2.30. The molecule has 1 aromatic rings. The Morgan fingerprint density at radius 1 is 1.29 bits per heavy atom. The van der Waals surface area contributed by atoms with Crippen molar-refractivity contribution < 1.29 is 8.42 Å². The van der Waals surface area contributed by atoms with Crippen LogP contribution in [-0.4, -0.2) is 39.5 Å². The maximum absolute atomic E-state index is 12.0. The summed E-state index contributed by atoms with van der Waals surface area (Å²) in [7, 11) is -3.22. The van der Waals surface area contributed by atoms with Crippen LogP contribution in [-0.2, 0) is 15.8 Å². The van der Waals surface area contributed by atoms with Gasteiger partial charge in [-0.15, -0.1) is 0 Å². The first-order chi connectivity index (χ1) is 10.1. The van der Waals surface area contributed by atoms with E-state index < -0.39 is 10.0 Å². The molecule has 0 amide bonds. The summed E-state index contributed by atoms with van der Waals surface area (Å²) in [6, 6.07) is 9.30. The maximum atomic E-state index is 12.0. The van der Waals surface area contributed by atoms with Gasteiger partial charge >= 0.3 is 0 Å². The number of sulfonamides is 1. The minimum absolute atomic E-state index is 0.0641. The first-order valence-corrected chi connectivity index (χ1v) is 9.44. The molecule has 1 aromatic carbocycles. The summed E-state index contributed by atoms with van der Waals surface area (Å²) >= 11 is 0. The third-order valence-electron chi connectivity index (χ3n) is 3.91. The van der Waals surface area contributed by atoms with Gasteiger partial charge in [0, 0.05) is 13.1 Å².